The van der Waals surface area contributed by atoms with Crippen LogP contribution in [0.4, 0.5) is 13.6 Å². The lowest BCUT2D eigenvalue weighted by Gasteiger charge is -2.34. The van der Waals surface area contributed by atoms with Crippen LogP contribution in [0, 0.1) is 23.0 Å². The minimum Gasteiger partial charge on any atom is -0.494 e. The molecule has 3 aromatic rings. The van der Waals surface area contributed by atoms with E-state index in [0.29, 0.717) is 11.1 Å². The average molecular weight is 499 g/mol. The number of amides is 1. The molecule has 2 atom stereocenters. The van der Waals surface area contributed by atoms with Crippen LogP contribution in [0.25, 0.3) is 11.1 Å². The number of alkyl carbamates (subject to hydrolysis) is 1. The first-order chi connectivity index (χ1) is 16.8. The SMILES string of the molecule is COC(=O)NCC1(c2ccccc2)Oc2cc(F)c(Cl)c(-c3c(C#N)ccc(OC)c3F)c2C1C. The lowest BCUT2D eigenvalue weighted by molar-refractivity contribution is 0.0673. The van der Waals surface area contributed by atoms with Gasteiger partial charge >= 0.3 is 6.09 Å². The first kappa shape index (κ1) is 24.3. The van der Waals surface area contributed by atoms with Gasteiger partial charge < -0.3 is 19.5 Å². The third-order valence-electron chi connectivity index (χ3n) is 6.29. The fourth-order valence-corrected chi connectivity index (χ4v) is 4.79. The Labute approximate surface area is 206 Å². The molecule has 1 aliphatic rings. The van der Waals surface area contributed by atoms with Crippen LogP contribution in [-0.2, 0) is 10.3 Å². The van der Waals surface area contributed by atoms with E-state index in [0.717, 1.165) is 6.07 Å². The van der Waals surface area contributed by atoms with Gasteiger partial charge in [0.15, 0.2) is 17.2 Å². The summed E-state index contributed by atoms with van der Waals surface area (Å²) in [6.45, 7) is 1.77. The monoisotopic (exact) mass is 498 g/mol. The highest BCUT2D eigenvalue weighted by atomic mass is 35.5. The highest BCUT2D eigenvalue weighted by Crippen LogP contribution is 2.56. The Balaban J connectivity index is 2.00. The van der Waals surface area contributed by atoms with Gasteiger partial charge in [-0.05, 0) is 17.7 Å². The summed E-state index contributed by atoms with van der Waals surface area (Å²) >= 11 is 6.43. The summed E-state index contributed by atoms with van der Waals surface area (Å²) in [6.07, 6.45) is -0.679. The lowest BCUT2D eigenvalue weighted by Crippen LogP contribution is -2.45. The Kier molecular flexibility index (Phi) is 6.55. The molecule has 4 rings (SSSR count). The summed E-state index contributed by atoms with van der Waals surface area (Å²) in [5, 5.41) is 12.0. The molecular weight excluding hydrogens is 478 g/mol. The zero-order chi connectivity index (χ0) is 25.3. The summed E-state index contributed by atoms with van der Waals surface area (Å²) in [5.74, 6) is -2.26. The molecule has 0 spiro atoms. The Hall–Kier alpha value is -3.83. The Morgan fingerprint density at radius 1 is 1.20 bits per heavy atom. The molecule has 0 aromatic heterocycles. The number of carbonyl (C=O) groups excluding carboxylic acids is 1. The van der Waals surface area contributed by atoms with Gasteiger partial charge in [-0.25, -0.2) is 13.6 Å². The van der Waals surface area contributed by atoms with Crippen molar-refractivity contribution < 1.29 is 27.8 Å². The number of rotatable bonds is 5. The zero-order valence-electron chi connectivity index (χ0n) is 19.1. The van der Waals surface area contributed by atoms with Crippen molar-refractivity contribution in [3.63, 3.8) is 0 Å². The van der Waals surface area contributed by atoms with E-state index in [4.69, 9.17) is 25.8 Å². The van der Waals surface area contributed by atoms with Crippen molar-refractivity contribution in [1.82, 2.24) is 5.32 Å². The van der Waals surface area contributed by atoms with E-state index in [9.17, 15) is 10.1 Å². The molecule has 1 N–H and O–H groups in total. The molecule has 0 bridgehead atoms. The number of carbonyl (C=O) groups is 1. The number of benzene rings is 3. The van der Waals surface area contributed by atoms with Gasteiger partial charge in [-0.1, -0.05) is 48.9 Å². The van der Waals surface area contributed by atoms with Crippen LogP contribution < -0.4 is 14.8 Å². The number of methoxy groups -OCH3 is 2. The maximum Gasteiger partial charge on any atom is 0.407 e. The van der Waals surface area contributed by atoms with Gasteiger partial charge in [0.2, 0.25) is 0 Å². The molecule has 6 nitrogen and oxygen atoms in total. The second-order valence-corrected chi connectivity index (χ2v) is 8.38. The van der Waals surface area contributed by atoms with E-state index in [1.165, 1.54) is 26.4 Å². The van der Waals surface area contributed by atoms with E-state index >= 15 is 8.78 Å². The Bertz CT molecular complexity index is 1340. The van der Waals surface area contributed by atoms with E-state index in [-0.39, 0.29) is 39.8 Å². The van der Waals surface area contributed by atoms with Gasteiger partial charge in [0.25, 0.3) is 0 Å². The van der Waals surface area contributed by atoms with Gasteiger partial charge in [0.1, 0.15) is 11.6 Å². The minimum absolute atomic E-state index is 0.00186. The van der Waals surface area contributed by atoms with E-state index in [2.05, 4.69) is 5.32 Å². The molecule has 0 fully saturated rings. The summed E-state index contributed by atoms with van der Waals surface area (Å²) in [6, 6.07) is 14.8. The fourth-order valence-electron chi connectivity index (χ4n) is 4.54. The van der Waals surface area contributed by atoms with Crippen molar-refractivity contribution in [2.75, 3.05) is 20.8 Å². The van der Waals surface area contributed by atoms with Crippen LogP contribution in [0.5, 0.6) is 11.5 Å². The highest BCUT2D eigenvalue weighted by molar-refractivity contribution is 6.34. The zero-order valence-corrected chi connectivity index (χ0v) is 19.9. The van der Waals surface area contributed by atoms with Gasteiger partial charge in [-0.2, -0.15) is 5.26 Å². The number of ether oxygens (including phenoxy) is 3. The smallest absolute Gasteiger partial charge is 0.407 e. The molecule has 9 heteroatoms. The van der Waals surface area contributed by atoms with E-state index in [1.807, 2.05) is 24.3 Å². The third-order valence-corrected chi connectivity index (χ3v) is 6.66. The number of nitrogens with zero attached hydrogens (tertiary/aromatic N) is 1. The first-order valence-electron chi connectivity index (χ1n) is 10.6. The van der Waals surface area contributed by atoms with Crippen LogP contribution in [-0.4, -0.2) is 26.9 Å². The predicted octanol–water partition coefficient (Wildman–Crippen LogP) is 5.91. The van der Waals surface area contributed by atoms with Crippen LogP contribution in [0.2, 0.25) is 5.02 Å². The Morgan fingerprint density at radius 3 is 2.54 bits per heavy atom. The maximum absolute atomic E-state index is 15.6. The molecule has 0 radical (unpaired) electrons. The van der Waals surface area contributed by atoms with Gasteiger partial charge in [0.05, 0.1) is 37.4 Å². The maximum atomic E-state index is 15.6. The fraction of sp³-hybridized carbons (Fsp3) is 0.231. The highest BCUT2D eigenvalue weighted by Gasteiger charge is 2.50. The van der Waals surface area contributed by atoms with Crippen molar-refractivity contribution in [2.45, 2.75) is 18.4 Å². The summed E-state index contributed by atoms with van der Waals surface area (Å²) in [5.41, 5.74) is -0.350. The van der Waals surface area contributed by atoms with E-state index in [1.54, 1.807) is 19.1 Å². The van der Waals surface area contributed by atoms with E-state index < -0.39 is 29.2 Å². The molecule has 0 saturated heterocycles. The number of nitrogens with one attached hydrogen (secondary N) is 1. The Morgan fingerprint density at radius 2 is 1.91 bits per heavy atom. The average Bonchev–Trinajstić information content (AvgIpc) is 3.15. The standard InChI is InChI=1S/C26H21ClF2N2O4/c1-14-20-19(35-26(14,13-31-25(32)34-3)16-7-5-4-6-8-16)11-17(28)23(27)22(20)21-15(12-30)9-10-18(33-2)24(21)29/h4-11,14H,13H2,1-3H3,(H,31,32). The largest absolute Gasteiger partial charge is 0.494 e. The molecule has 0 aliphatic carbocycles. The topological polar surface area (TPSA) is 80.6 Å². The number of hydrogen-bond acceptors (Lipinski definition) is 5. The summed E-state index contributed by atoms with van der Waals surface area (Å²) in [7, 11) is 2.52. The number of nitriles is 1. The quantitative estimate of drug-likeness (QED) is 0.473. The van der Waals surface area contributed by atoms with Crippen molar-refractivity contribution in [3.05, 3.63) is 81.9 Å². The van der Waals surface area contributed by atoms with Crippen LogP contribution >= 0.6 is 11.6 Å². The van der Waals surface area contributed by atoms with Crippen LogP contribution in [0.15, 0.2) is 48.5 Å². The number of halogens is 3. The molecule has 1 amide bonds. The molecule has 3 aromatic carbocycles. The van der Waals surface area contributed by atoms with Crippen molar-refractivity contribution in [3.8, 4) is 28.7 Å². The lowest BCUT2D eigenvalue weighted by atomic mass is 9.77. The van der Waals surface area contributed by atoms with Crippen molar-refractivity contribution in [2.24, 2.45) is 0 Å². The van der Waals surface area contributed by atoms with Crippen LogP contribution in [0.1, 0.15) is 29.5 Å². The van der Waals surface area contributed by atoms with Gasteiger partial charge in [-0.15, -0.1) is 0 Å². The third kappa shape index (κ3) is 3.92. The van der Waals surface area contributed by atoms with Crippen molar-refractivity contribution in [1.29, 1.82) is 5.26 Å². The molecule has 2 unspecified atom stereocenters. The summed E-state index contributed by atoms with van der Waals surface area (Å²) < 4.78 is 46.8. The molecule has 180 valence electrons. The summed E-state index contributed by atoms with van der Waals surface area (Å²) in [4.78, 5) is 11.9. The molecule has 0 saturated carbocycles. The predicted molar refractivity (Wildman–Crippen MR) is 126 cm³/mol. The van der Waals surface area contributed by atoms with Crippen LogP contribution in [0.3, 0.4) is 0 Å². The molecular formula is C26H21ClF2N2O4. The second-order valence-electron chi connectivity index (χ2n) is 8.00. The van der Waals surface area contributed by atoms with Gasteiger partial charge in [-0.3, -0.25) is 0 Å². The number of hydrogen-bond donors (Lipinski definition) is 1. The first-order valence-corrected chi connectivity index (χ1v) is 11.0. The van der Waals surface area contributed by atoms with Crippen molar-refractivity contribution >= 4 is 17.7 Å². The molecule has 1 heterocycles. The second kappa shape index (κ2) is 9.43. The molecule has 35 heavy (non-hydrogen) atoms. The molecule has 1 aliphatic heterocycles. The van der Waals surface area contributed by atoms with Gasteiger partial charge in [0, 0.05) is 28.7 Å². The normalized spacial score (nSPS) is 18.3. The number of fused-ring (bicyclic) bond motifs is 1. The minimum atomic E-state index is -1.20.